The third kappa shape index (κ3) is 1.72. The number of nitrogen functional groups attached to an aromatic ring is 1. The second-order valence-electron chi connectivity index (χ2n) is 3.70. The van der Waals surface area contributed by atoms with E-state index >= 15 is 0 Å². The molecule has 0 spiro atoms. The van der Waals surface area contributed by atoms with E-state index in [1.54, 1.807) is 10.7 Å². The van der Waals surface area contributed by atoms with Crippen LogP contribution in [0, 0.1) is 0 Å². The Morgan fingerprint density at radius 1 is 1.06 bits per heavy atom. The highest BCUT2D eigenvalue weighted by atomic mass is 35.5. The van der Waals surface area contributed by atoms with Crippen LogP contribution in [0.15, 0.2) is 42.6 Å². The summed E-state index contributed by atoms with van der Waals surface area (Å²) >= 11 is 5.80. The Morgan fingerprint density at radius 3 is 2.59 bits per heavy atom. The summed E-state index contributed by atoms with van der Waals surface area (Å²) in [5.41, 5.74) is 9.30. The first-order valence-electron chi connectivity index (χ1n) is 5.10. The van der Waals surface area contributed by atoms with Crippen molar-refractivity contribution >= 4 is 22.8 Å². The smallest absolute Gasteiger partial charge is 0.241 e. The van der Waals surface area contributed by atoms with Gasteiger partial charge in [-0.3, -0.25) is 0 Å². The van der Waals surface area contributed by atoms with Crippen LogP contribution in [0.2, 0.25) is 5.28 Å². The second-order valence-corrected chi connectivity index (χ2v) is 4.04. The minimum absolute atomic E-state index is 0.227. The van der Waals surface area contributed by atoms with E-state index in [4.69, 9.17) is 17.3 Å². The highest BCUT2D eigenvalue weighted by Gasteiger charge is 2.06. The molecule has 2 heterocycles. The zero-order valence-corrected chi connectivity index (χ0v) is 9.59. The zero-order valence-electron chi connectivity index (χ0n) is 8.84. The molecule has 84 valence electrons. The summed E-state index contributed by atoms with van der Waals surface area (Å²) in [5, 5.41) is 4.40. The fraction of sp³-hybridized carbons (Fsp3) is 0. The Kier molecular flexibility index (Phi) is 2.23. The Balaban J connectivity index is 2.23. The molecule has 2 aromatic heterocycles. The largest absolute Gasteiger partial charge is 0.399 e. The van der Waals surface area contributed by atoms with Crippen LogP contribution in [0.3, 0.4) is 0 Å². The van der Waals surface area contributed by atoms with E-state index in [0.29, 0.717) is 0 Å². The van der Waals surface area contributed by atoms with Gasteiger partial charge in [-0.2, -0.15) is 0 Å². The second kappa shape index (κ2) is 3.75. The lowest BCUT2D eigenvalue weighted by Crippen LogP contribution is -1.96. The third-order valence-electron chi connectivity index (χ3n) is 2.58. The molecule has 3 rings (SSSR count). The average Bonchev–Trinajstić information content (AvgIpc) is 2.73. The standard InChI is InChI=1S/C12H9ClN4/c13-12-15-7-10-5-6-11(17(10)16-12)8-1-3-9(14)4-2-8/h1-7H,14H2. The first-order valence-corrected chi connectivity index (χ1v) is 5.48. The number of nitrogens with zero attached hydrogens (tertiary/aromatic N) is 3. The highest BCUT2D eigenvalue weighted by Crippen LogP contribution is 2.22. The van der Waals surface area contributed by atoms with Gasteiger partial charge >= 0.3 is 0 Å². The molecule has 0 fully saturated rings. The minimum atomic E-state index is 0.227. The van der Waals surface area contributed by atoms with Gasteiger partial charge in [0.25, 0.3) is 0 Å². The predicted molar refractivity (Wildman–Crippen MR) is 67.8 cm³/mol. The lowest BCUT2D eigenvalue weighted by Gasteiger charge is -2.02. The molecule has 1 aromatic carbocycles. The normalized spacial score (nSPS) is 10.9. The molecule has 0 unspecified atom stereocenters. The third-order valence-corrected chi connectivity index (χ3v) is 2.75. The number of benzene rings is 1. The van der Waals surface area contributed by atoms with Crippen molar-refractivity contribution in [2.45, 2.75) is 0 Å². The minimum Gasteiger partial charge on any atom is -0.399 e. The molecule has 4 nitrogen and oxygen atoms in total. The molecular weight excluding hydrogens is 236 g/mol. The molecule has 5 heteroatoms. The van der Waals surface area contributed by atoms with E-state index < -0.39 is 0 Å². The van der Waals surface area contributed by atoms with Gasteiger partial charge in [0.1, 0.15) is 0 Å². The fourth-order valence-corrected chi connectivity index (χ4v) is 1.88. The number of fused-ring (bicyclic) bond motifs is 1. The van der Waals surface area contributed by atoms with Crippen molar-refractivity contribution in [3.8, 4) is 11.3 Å². The number of hydrogen-bond acceptors (Lipinski definition) is 3. The van der Waals surface area contributed by atoms with Crippen molar-refractivity contribution in [3.05, 3.63) is 47.9 Å². The molecule has 0 amide bonds. The molecule has 17 heavy (non-hydrogen) atoms. The summed E-state index contributed by atoms with van der Waals surface area (Å²) < 4.78 is 1.76. The molecular formula is C12H9ClN4. The zero-order chi connectivity index (χ0) is 11.8. The van der Waals surface area contributed by atoms with E-state index in [2.05, 4.69) is 10.1 Å². The quantitative estimate of drug-likeness (QED) is 0.670. The summed E-state index contributed by atoms with van der Waals surface area (Å²) in [4.78, 5) is 3.94. The van der Waals surface area contributed by atoms with E-state index in [1.807, 2.05) is 36.4 Å². The van der Waals surface area contributed by atoms with Crippen LogP contribution in [-0.2, 0) is 0 Å². The first kappa shape index (κ1) is 10.1. The van der Waals surface area contributed by atoms with Crippen LogP contribution >= 0.6 is 11.6 Å². The van der Waals surface area contributed by atoms with Crippen molar-refractivity contribution in [3.63, 3.8) is 0 Å². The summed E-state index contributed by atoms with van der Waals surface area (Å²) in [5.74, 6) is 0. The van der Waals surface area contributed by atoms with Crippen LogP contribution in [0.25, 0.3) is 16.8 Å². The maximum Gasteiger partial charge on any atom is 0.241 e. The van der Waals surface area contributed by atoms with E-state index in [0.717, 1.165) is 22.5 Å². The van der Waals surface area contributed by atoms with E-state index in [1.165, 1.54) is 0 Å². The van der Waals surface area contributed by atoms with Gasteiger partial charge in [-0.1, -0.05) is 12.1 Å². The summed E-state index contributed by atoms with van der Waals surface area (Å²) in [6.45, 7) is 0. The molecule has 0 saturated heterocycles. The van der Waals surface area contributed by atoms with Gasteiger partial charge in [0.05, 0.1) is 17.4 Å². The van der Waals surface area contributed by atoms with Crippen LogP contribution in [0.5, 0.6) is 0 Å². The Bertz CT molecular complexity index is 673. The maximum absolute atomic E-state index is 5.80. The molecule has 0 aliphatic rings. The lowest BCUT2D eigenvalue weighted by molar-refractivity contribution is 0.911. The number of aromatic nitrogens is 3. The molecule has 2 N–H and O–H groups in total. The van der Waals surface area contributed by atoms with Crippen molar-refractivity contribution in [1.82, 2.24) is 14.6 Å². The van der Waals surface area contributed by atoms with Crippen LogP contribution in [-0.4, -0.2) is 14.6 Å². The number of hydrogen-bond donors (Lipinski definition) is 1. The summed E-state index contributed by atoms with van der Waals surface area (Å²) in [6.07, 6.45) is 1.69. The van der Waals surface area contributed by atoms with Gasteiger partial charge in [0.15, 0.2) is 0 Å². The molecule has 0 atom stereocenters. The van der Waals surface area contributed by atoms with Gasteiger partial charge in [0, 0.05) is 11.3 Å². The Labute approximate surface area is 103 Å². The van der Waals surface area contributed by atoms with E-state index in [9.17, 15) is 0 Å². The number of nitrogens with two attached hydrogens (primary N) is 1. The SMILES string of the molecule is Nc1ccc(-c2ccc3cnc(Cl)nn23)cc1. The number of anilines is 1. The van der Waals surface area contributed by atoms with E-state index in [-0.39, 0.29) is 5.28 Å². The van der Waals surface area contributed by atoms with Gasteiger partial charge in [-0.15, -0.1) is 5.10 Å². The fourth-order valence-electron chi connectivity index (χ4n) is 1.75. The molecule has 0 saturated carbocycles. The number of halogens is 1. The van der Waals surface area contributed by atoms with Gasteiger partial charge in [-0.25, -0.2) is 9.50 Å². The maximum atomic E-state index is 5.80. The molecule has 0 radical (unpaired) electrons. The highest BCUT2D eigenvalue weighted by molar-refractivity contribution is 6.28. The van der Waals surface area contributed by atoms with Crippen molar-refractivity contribution in [2.75, 3.05) is 5.73 Å². The topological polar surface area (TPSA) is 56.2 Å². The lowest BCUT2D eigenvalue weighted by atomic mass is 10.1. The van der Waals surface area contributed by atoms with Gasteiger partial charge in [-0.05, 0) is 35.9 Å². The monoisotopic (exact) mass is 244 g/mol. The van der Waals surface area contributed by atoms with Crippen LogP contribution in [0.4, 0.5) is 5.69 Å². The predicted octanol–water partition coefficient (Wildman–Crippen LogP) is 2.63. The molecule has 0 aliphatic carbocycles. The Hall–Kier alpha value is -2.07. The van der Waals surface area contributed by atoms with Gasteiger partial charge < -0.3 is 5.73 Å². The average molecular weight is 245 g/mol. The van der Waals surface area contributed by atoms with Crippen molar-refractivity contribution in [1.29, 1.82) is 0 Å². The summed E-state index contributed by atoms with van der Waals surface area (Å²) in [7, 11) is 0. The van der Waals surface area contributed by atoms with Gasteiger partial charge in [0.2, 0.25) is 5.28 Å². The van der Waals surface area contributed by atoms with Crippen LogP contribution < -0.4 is 5.73 Å². The number of rotatable bonds is 1. The first-order chi connectivity index (χ1) is 8.24. The molecule has 0 aliphatic heterocycles. The Morgan fingerprint density at radius 2 is 1.82 bits per heavy atom. The van der Waals surface area contributed by atoms with Crippen molar-refractivity contribution < 1.29 is 0 Å². The van der Waals surface area contributed by atoms with Crippen molar-refractivity contribution in [2.24, 2.45) is 0 Å². The molecule has 3 aromatic rings. The van der Waals surface area contributed by atoms with Crippen LogP contribution in [0.1, 0.15) is 0 Å². The molecule has 0 bridgehead atoms. The summed E-state index contributed by atoms with van der Waals surface area (Å²) in [6, 6.07) is 11.5.